The van der Waals surface area contributed by atoms with E-state index in [4.69, 9.17) is 4.84 Å². The summed E-state index contributed by atoms with van der Waals surface area (Å²) < 4.78 is 0. The standard InChI is InChI=1S/C34H44N2O5/c1-32-17-15-24(37)20-23(32)12-13-29-28(32)16-18-33(2)22(14-19-34(29,33)40)8-4-5-9-25(41-35-3)21-36-30(38)26-10-6-7-11-27(26)31(36)39/h4,6-11,22-24,28-29,37,40H,3,5,12-21H2,1-2H3/b8-4+,25-9-/t22-,23+,24-,28?,29?,32-,33+,34-/m0/s1. The van der Waals surface area contributed by atoms with Crippen LogP contribution in [0.4, 0.5) is 0 Å². The van der Waals surface area contributed by atoms with Gasteiger partial charge in [-0.25, -0.2) is 0 Å². The monoisotopic (exact) mass is 560 g/mol. The van der Waals surface area contributed by atoms with E-state index in [1.165, 1.54) is 4.90 Å². The van der Waals surface area contributed by atoms with Gasteiger partial charge in [-0.1, -0.05) is 43.3 Å². The summed E-state index contributed by atoms with van der Waals surface area (Å²) in [4.78, 5) is 32.1. The Morgan fingerprint density at radius 2 is 1.78 bits per heavy atom. The van der Waals surface area contributed by atoms with Crippen LogP contribution >= 0.6 is 0 Å². The van der Waals surface area contributed by atoms with Gasteiger partial charge in [-0.3, -0.25) is 14.5 Å². The third-order valence-electron chi connectivity index (χ3n) is 12.1. The van der Waals surface area contributed by atoms with E-state index in [0.29, 0.717) is 47.0 Å². The topological polar surface area (TPSA) is 99.4 Å². The van der Waals surface area contributed by atoms with E-state index in [0.717, 1.165) is 57.8 Å². The summed E-state index contributed by atoms with van der Waals surface area (Å²) in [6.45, 7) is 8.17. The molecule has 8 atom stereocenters. The number of carbonyl (C=O) groups is 2. The van der Waals surface area contributed by atoms with Crippen molar-refractivity contribution >= 4 is 18.5 Å². The van der Waals surface area contributed by atoms with Crippen LogP contribution < -0.4 is 0 Å². The molecule has 220 valence electrons. The smallest absolute Gasteiger partial charge is 0.261 e. The van der Waals surface area contributed by atoms with Gasteiger partial charge >= 0.3 is 0 Å². The highest BCUT2D eigenvalue weighted by atomic mass is 16.6. The number of imide groups is 1. The second-order valence-corrected chi connectivity index (χ2v) is 13.7. The number of aliphatic hydroxyl groups is 2. The average Bonchev–Trinajstić information content (AvgIpc) is 3.36. The predicted octanol–water partition coefficient (Wildman–Crippen LogP) is 5.88. The van der Waals surface area contributed by atoms with Gasteiger partial charge in [0.2, 0.25) is 0 Å². The zero-order valence-corrected chi connectivity index (χ0v) is 24.4. The number of nitrogens with zero attached hydrogens (tertiary/aromatic N) is 2. The summed E-state index contributed by atoms with van der Waals surface area (Å²) in [7, 11) is 0. The van der Waals surface area contributed by atoms with Crippen LogP contribution in [0, 0.1) is 34.5 Å². The van der Waals surface area contributed by atoms with Gasteiger partial charge in [0.05, 0.1) is 29.4 Å². The van der Waals surface area contributed by atoms with E-state index in [-0.39, 0.29) is 35.3 Å². The number of carbonyl (C=O) groups excluding carboxylic acids is 2. The maximum Gasteiger partial charge on any atom is 0.261 e. The van der Waals surface area contributed by atoms with Gasteiger partial charge in [-0.15, -0.1) is 0 Å². The zero-order valence-electron chi connectivity index (χ0n) is 24.4. The predicted molar refractivity (Wildman–Crippen MR) is 157 cm³/mol. The minimum absolute atomic E-state index is 0.0000399. The van der Waals surface area contributed by atoms with Gasteiger partial charge in [0.15, 0.2) is 5.76 Å². The number of hydrogen-bond acceptors (Lipinski definition) is 6. The summed E-state index contributed by atoms with van der Waals surface area (Å²) in [6.07, 6.45) is 15.7. The molecule has 1 aromatic carbocycles. The van der Waals surface area contributed by atoms with Crippen LogP contribution in [-0.4, -0.2) is 51.9 Å². The Bertz CT molecular complexity index is 1250. The number of fused-ring (bicyclic) bond motifs is 6. The lowest BCUT2D eigenvalue weighted by atomic mass is 9.43. The van der Waals surface area contributed by atoms with Crippen molar-refractivity contribution < 1.29 is 24.6 Å². The van der Waals surface area contributed by atoms with E-state index in [9.17, 15) is 19.8 Å². The van der Waals surface area contributed by atoms with Crippen molar-refractivity contribution in [1.29, 1.82) is 0 Å². The molecule has 7 nitrogen and oxygen atoms in total. The van der Waals surface area contributed by atoms with Crippen LogP contribution in [0.5, 0.6) is 0 Å². The molecule has 6 rings (SSSR count). The first kappa shape index (κ1) is 28.4. The summed E-state index contributed by atoms with van der Waals surface area (Å²) in [5.41, 5.74) is 0.227. The van der Waals surface area contributed by atoms with Crippen LogP contribution in [0.3, 0.4) is 0 Å². The first-order valence-electron chi connectivity index (χ1n) is 15.5. The fourth-order valence-corrected chi connectivity index (χ4v) is 9.75. The van der Waals surface area contributed by atoms with Gasteiger partial charge in [0.1, 0.15) is 0 Å². The number of rotatable bonds is 7. The number of allylic oxidation sites excluding steroid dienone is 3. The summed E-state index contributed by atoms with van der Waals surface area (Å²) in [6, 6.07) is 6.83. The van der Waals surface area contributed by atoms with E-state index in [1.54, 1.807) is 24.3 Å². The van der Waals surface area contributed by atoms with Crippen molar-refractivity contribution in [3.8, 4) is 0 Å². The van der Waals surface area contributed by atoms with Crippen molar-refractivity contribution in [3.05, 3.63) is 59.4 Å². The third kappa shape index (κ3) is 4.42. The van der Waals surface area contributed by atoms with Crippen LogP contribution in [0.25, 0.3) is 0 Å². The molecule has 1 heterocycles. The lowest BCUT2D eigenvalue weighted by molar-refractivity contribution is -0.207. The van der Waals surface area contributed by atoms with Crippen LogP contribution in [-0.2, 0) is 4.84 Å². The number of hydrogen-bond donors (Lipinski definition) is 2. The van der Waals surface area contributed by atoms with Crippen molar-refractivity contribution in [3.63, 3.8) is 0 Å². The molecule has 7 heteroatoms. The molecule has 2 unspecified atom stereocenters. The molecule has 4 saturated carbocycles. The molecule has 1 aliphatic heterocycles. The van der Waals surface area contributed by atoms with E-state index >= 15 is 0 Å². The fourth-order valence-electron chi connectivity index (χ4n) is 9.75. The number of aliphatic hydroxyl groups excluding tert-OH is 1. The Labute approximate surface area is 243 Å². The molecule has 0 saturated heterocycles. The van der Waals surface area contributed by atoms with Gasteiger partial charge in [-0.2, -0.15) is 0 Å². The van der Waals surface area contributed by atoms with Crippen molar-refractivity contribution in [2.24, 2.45) is 39.7 Å². The van der Waals surface area contributed by atoms with Crippen LogP contribution in [0.2, 0.25) is 0 Å². The molecule has 41 heavy (non-hydrogen) atoms. The van der Waals surface area contributed by atoms with Crippen molar-refractivity contribution in [2.75, 3.05) is 6.54 Å². The van der Waals surface area contributed by atoms with Gasteiger partial charge in [-0.05, 0) is 112 Å². The molecule has 2 amide bonds. The Hall–Kier alpha value is -2.77. The highest BCUT2D eigenvalue weighted by Gasteiger charge is 2.66. The highest BCUT2D eigenvalue weighted by molar-refractivity contribution is 6.21. The Balaban J connectivity index is 1.13. The highest BCUT2D eigenvalue weighted by Crippen LogP contribution is 2.69. The molecular weight excluding hydrogens is 516 g/mol. The molecule has 0 bridgehead atoms. The Morgan fingerprint density at radius 3 is 2.49 bits per heavy atom. The van der Waals surface area contributed by atoms with Gasteiger partial charge in [0.25, 0.3) is 11.8 Å². The maximum absolute atomic E-state index is 12.8. The molecule has 4 fully saturated rings. The summed E-state index contributed by atoms with van der Waals surface area (Å²) in [5.74, 6) is 1.46. The van der Waals surface area contributed by atoms with Crippen LogP contribution in [0.1, 0.15) is 98.8 Å². The quantitative estimate of drug-likeness (QED) is 0.143. The lowest BCUT2D eigenvalue weighted by Crippen LogP contribution is -2.62. The normalized spacial score (nSPS) is 40.2. The number of amides is 2. The van der Waals surface area contributed by atoms with Gasteiger partial charge in [0, 0.05) is 12.1 Å². The van der Waals surface area contributed by atoms with E-state index in [2.05, 4.69) is 37.9 Å². The summed E-state index contributed by atoms with van der Waals surface area (Å²) >= 11 is 0. The second-order valence-electron chi connectivity index (χ2n) is 13.7. The molecule has 0 radical (unpaired) electrons. The molecule has 0 aromatic heterocycles. The van der Waals surface area contributed by atoms with Gasteiger partial charge < -0.3 is 15.1 Å². The Morgan fingerprint density at radius 1 is 1.05 bits per heavy atom. The molecule has 4 aliphatic carbocycles. The SMILES string of the molecule is C=NO/C(=C\C/C=C/[C@H]1CC[C@]2(O)C3CC[C@@H]4C[C@@H](O)CC[C@]4(C)C3CC[C@]12C)CN1C(=O)c2ccccc2C1=O. The molecule has 1 aromatic rings. The molecule has 0 spiro atoms. The first-order valence-corrected chi connectivity index (χ1v) is 15.5. The van der Waals surface area contributed by atoms with E-state index in [1.807, 2.05) is 6.08 Å². The largest absolute Gasteiger partial charge is 0.393 e. The minimum atomic E-state index is -0.655. The molecule has 5 aliphatic rings. The van der Waals surface area contributed by atoms with E-state index < -0.39 is 5.60 Å². The van der Waals surface area contributed by atoms with Crippen molar-refractivity contribution in [2.45, 2.75) is 89.8 Å². The average molecular weight is 561 g/mol. The van der Waals surface area contributed by atoms with Crippen LogP contribution in [0.15, 0.2) is 53.4 Å². The third-order valence-corrected chi connectivity index (χ3v) is 12.1. The van der Waals surface area contributed by atoms with Crippen molar-refractivity contribution in [1.82, 2.24) is 4.90 Å². The zero-order chi connectivity index (χ0) is 29.0. The maximum atomic E-state index is 12.8. The Kier molecular flexibility index (Phi) is 7.26. The number of oxime groups is 1. The summed E-state index contributed by atoms with van der Waals surface area (Å²) in [5, 5.41) is 26.3. The molecular formula is C34H44N2O5. The second kappa shape index (κ2) is 10.5. The molecule has 2 N–H and O–H groups in total. The number of benzene rings is 1. The fraction of sp³-hybridized carbons (Fsp3) is 0.618. The lowest BCUT2D eigenvalue weighted by Gasteiger charge is -2.63. The first-order chi connectivity index (χ1) is 19.6. The minimum Gasteiger partial charge on any atom is -0.393 e.